The minimum atomic E-state index is 0. The number of nitrogens with zero attached hydrogens (tertiary/aromatic N) is 1. The molecule has 6 nitrogen and oxygen atoms in total. The molecule has 0 radical (unpaired) electrons. The summed E-state index contributed by atoms with van der Waals surface area (Å²) < 4.78 is 16.8. The van der Waals surface area contributed by atoms with Crippen LogP contribution in [0.2, 0.25) is 0 Å². The van der Waals surface area contributed by atoms with E-state index in [1.807, 2.05) is 24.3 Å². The first kappa shape index (κ1) is 24.7. The predicted octanol–water partition coefficient (Wildman–Crippen LogP) is 3.37. The highest BCUT2D eigenvalue weighted by Gasteiger charge is 2.15. The molecule has 2 rings (SSSR count). The van der Waals surface area contributed by atoms with Gasteiger partial charge in [0.2, 0.25) is 0 Å². The summed E-state index contributed by atoms with van der Waals surface area (Å²) in [5.41, 5.74) is 1.05. The quantitative estimate of drug-likeness (QED) is 0.151. The van der Waals surface area contributed by atoms with Crippen molar-refractivity contribution < 1.29 is 14.2 Å². The van der Waals surface area contributed by atoms with Gasteiger partial charge in [-0.1, -0.05) is 30.9 Å². The van der Waals surface area contributed by atoms with Crippen LogP contribution >= 0.6 is 24.0 Å². The topological polar surface area (TPSA) is 64.1 Å². The van der Waals surface area contributed by atoms with Crippen molar-refractivity contribution in [2.75, 3.05) is 46.1 Å². The van der Waals surface area contributed by atoms with E-state index in [1.54, 1.807) is 6.08 Å². The number of halogens is 1. The normalized spacial score (nSPS) is 16.3. The Morgan fingerprint density at radius 3 is 2.96 bits per heavy atom. The van der Waals surface area contributed by atoms with Crippen LogP contribution in [0.1, 0.15) is 25.3 Å². The molecule has 28 heavy (non-hydrogen) atoms. The van der Waals surface area contributed by atoms with Gasteiger partial charge in [0.05, 0.1) is 19.8 Å². The number of guanidine groups is 1. The molecule has 2 N–H and O–H groups in total. The fourth-order valence-electron chi connectivity index (χ4n) is 2.78. The first-order chi connectivity index (χ1) is 13.3. The lowest BCUT2D eigenvalue weighted by atomic mass is 10.1. The van der Waals surface area contributed by atoms with Crippen molar-refractivity contribution in [2.24, 2.45) is 10.9 Å². The summed E-state index contributed by atoms with van der Waals surface area (Å²) in [7, 11) is 0. The van der Waals surface area contributed by atoms with Crippen molar-refractivity contribution in [2.45, 2.75) is 26.3 Å². The lowest BCUT2D eigenvalue weighted by molar-refractivity contribution is 0.0888. The van der Waals surface area contributed by atoms with E-state index in [0.29, 0.717) is 19.1 Å². The molecule has 1 aliphatic rings. The van der Waals surface area contributed by atoms with Crippen LogP contribution in [0.5, 0.6) is 5.75 Å². The summed E-state index contributed by atoms with van der Waals surface area (Å²) >= 11 is 0. The molecule has 1 heterocycles. The van der Waals surface area contributed by atoms with Crippen LogP contribution in [0.25, 0.3) is 0 Å². The summed E-state index contributed by atoms with van der Waals surface area (Å²) in [5, 5.41) is 6.63. The molecular formula is C21H34IN3O3. The fourth-order valence-corrected chi connectivity index (χ4v) is 2.78. The first-order valence-electron chi connectivity index (χ1n) is 9.82. The smallest absolute Gasteiger partial charge is 0.191 e. The van der Waals surface area contributed by atoms with Gasteiger partial charge in [-0.05, 0) is 25.8 Å². The van der Waals surface area contributed by atoms with Gasteiger partial charge < -0.3 is 24.8 Å². The maximum Gasteiger partial charge on any atom is 0.191 e. The Bertz CT molecular complexity index is 578. The van der Waals surface area contributed by atoms with E-state index in [0.717, 1.165) is 69.6 Å². The molecule has 1 saturated heterocycles. The van der Waals surface area contributed by atoms with Crippen LogP contribution < -0.4 is 15.4 Å². The molecule has 0 aromatic heterocycles. The summed E-state index contributed by atoms with van der Waals surface area (Å²) in [5.74, 6) is 2.22. The van der Waals surface area contributed by atoms with Gasteiger partial charge in [0.25, 0.3) is 0 Å². The van der Waals surface area contributed by atoms with E-state index >= 15 is 0 Å². The van der Waals surface area contributed by atoms with Crippen LogP contribution in [-0.4, -0.2) is 52.1 Å². The van der Waals surface area contributed by atoms with Crippen molar-refractivity contribution in [3.8, 4) is 5.75 Å². The highest BCUT2D eigenvalue weighted by Crippen LogP contribution is 2.18. The molecule has 1 fully saturated rings. The zero-order valence-electron chi connectivity index (χ0n) is 16.8. The monoisotopic (exact) mass is 503 g/mol. The Morgan fingerprint density at radius 1 is 1.36 bits per heavy atom. The number of ether oxygens (including phenoxy) is 3. The van der Waals surface area contributed by atoms with Crippen molar-refractivity contribution >= 4 is 29.9 Å². The maximum absolute atomic E-state index is 5.74. The Morgan fingerprint density at radius 2 is 2.21 bits per heavy atom. The second kappa shape index (κ2) is 15.6. The van der Waals surface area contributed by atoms with E-state index < -0.39 is 0 Å². The van der Waals surface area contributed by atoms with Gasteiger partial charge in [0.15, 0.2) is 5.96 Å². The first-order valence-corrected chi connectivity index (χ1v) is 9.82. The average molecular weight is 503 g/mol. The Kier molecular flexibility index (Phi) is 13.8. The number of benzene rings is 1. The van der Waals surface area contributed by atoms with E-state index in [9.17, 15) is 0 Å². The summed E-state index contributed by atoms with van der Waals surface area (Å²) in [6, 6.07) is 7.96. The van der Waals surface area contributed by atoms with Crippen molar-refractivity contribution in [3.63, 3.8) is 0 Å². The molecule has 1 unspecified atom stereocenters. The summed E-state index contributed by atoms with van der Waals surface area (Å²) in [6.07, 6.45) is 3.80. The predicted molar refractivity (Wildman–Crippen MR) is 125 cm³/mol. The average Bonchev–Trinajstić information content (AvgIpc) is 3.21. The van der Waals surface area contributed by atoms with Gasteiger partial charge in [-0.3, -0.25) is 0 Å². The molecular weight excluding hydrogens is 469 g/mol. The highest BCUT2D eigenvalue weighted by atomic mass is 127. The van der Waals surface area contributed by atoms with Crippen molar-refractivity contribution in [1.29, 1.82) is 0 Å². The Balaban J connectivity index is 0.00000392. The molecule has 0 saturated carbocycles. The second-order valence-corrected chi connectivity index (χ2v) is 6.49. The molecule has 7 heteroatoms. The zero-order chi connectivity index (χ0) is 19.2. The van der Waals surface area contributed by atoms with Gasteiger partial charge in [-0.15, -0.1) is 24.0 Å². The third-order valence-electron chi connectivity index (χ3n) is 4.22. The molecule has 0 bridgehead atoms. The second-order valence-electron chi connectivity index (χ2n) is 6.49. The number of aliphatic imine (C=N–C) groups is 1. The van der Waals surface area contributed by atoms with Gasteiger partial charge in [0, 0.05) is 37.8 Å². The third-order valence-corrected chi connectivity index (χ3v) is 4.22. The van der Waals surface area contributed by atoms with Gasteiger partial charge in [-0.25, -0.2) is 4.99 Å². The molecule has 1 aliphatic heterocycles. The van der Waals surface area contributed by atoms with Gasteiger partial charge in [-0.2, -0.15) is 0 Å². The number of hydrogen-bond acceptors (Lipinski definition) is 4. The third kappa shape index (κ3) is 9.75. The fraction of sp³-hybridized carbons (Fsp3) is 0.571. The molecule has 1 aromatic rings. The number of hydrogen-bond donors (Lipinski definition) is 2. The van der Waals surface area contributed by atoms with E-state index in [1.165, 1.54) is 0 Å². The highest BCUT2D eigenvalue weighted by molar-refractivity contribution is 14.0. The zero-order valence-corrected chi connectivity index (χ0v) is 19.2. The van der Waals surface area contributed by atoms with Crippen molar-refractivity contribution in [1.82, 2.24) is 10.6 Å². The summed E-state index contributed by atoms with van der Waals surface area (Å²) in [6.45, 7) is 11.7. The number of rotatable bonds is 12. The van der Waals surface area contributed by atoms with Crippen LogP contribution in [0.4, 0.5) is 0 Å². The Labute approximate surface area is 186 Å². The number of para-hydroxylation sites is 1. The van der Waals surface area contributed by atoms with Gasteiger partial charge >= 0.3 is 0 Å². The van der Waals surface area contributed by atoms with E-state index in [4.69, 9.17) is 14.2 Å². The molecule has 1 aromatic carbocycles. The minimum Gasteiger partial charge on any atom is -0.489 e. The molecule has 158 valence electrons. The standard InChI is InChI=1S/C21H33N3O3.HI/c1-3-12-27-20-9-6-5-8-19(20)15-24-21(22-4-2)23-11-7-13-25-16-18-10-14-26-17-18;/h3,5-6,8-9,18H,1,4,7,10-17H2,2H3,(H2,22,23,24);1H. The molecule has 0 aliphatic carbocycles. The largest absolute Gasteiger partial charge is 0.489 e. The lowest BCUT2D eigenvalue weighted by Gasteiger charge is -2.13. The molecule has 0 spiro atoms. The Hall–Kier alpha value is -1.32. The van der Waals surface area contributed by atoms with Crippen LogP contribution in [0.3, 0.4) is 0 Å². The van der Waals surface area contributed by atoms with Crippen molar-refractivity contribution in [3.05, 3.63) is 42.5 Å². The van der Waals surface area contributed by atoms with Crippen LogP contribution in [0, 0.1) is 5.92 Å². The summed E-state index contributed by atoms with van der Waals surface area (Å²) in [4.78, 5) is 4.66. The maximum atomic E-state index is 5.74. The minimum absolute atomic E-state index is 0. The number of nitrogens with one attached hydrogen (secondary N) is 2. The SMILES string of the molecule is C=CCOc1ccccc1CN=C(NCC)NCCCOCC1CCOC1.I. The van der Waals surface area contributed by atoms with E-state index in [2.05, 4.69) is 29.1 Å². The van der Waals surface area contributed by atoms with Crippen LogP contribution in [-0.2, 0) is 16.0 Å². The lowest BCUT2D eigenvalue weighted by Crippen LogP contribution is -2.38. The molecule has 1 atom stereocenters. The van der Waals surface area contributed by atoms with Crippen LogP contribution in [0.15, 0.2) is 41.9 Å². The van der Waals surface area contributed by atoms with Gasteiger partial charge in [0.1, 0.15) is 12.4 Å². The molecule has 0 amide bonds. The van der Waals surface area contributed by atoms with E-state index in [-0.39, 0.29) is 24.0 Å².